The smallest absolute Gasteiger partial charge is 0.310 e. The first kappa shape index (κ1) is 34.0. The number of carbonyl (C=O) groups is 2. The van der Waals surface area contributed by atoms with E-state index in [1.54, 1.807) is 0 Å². The van der Waals surface area contributed by atoms with Gasteiger partial charge < -0.3 is 19.0 Å². The van der Waals surface area contributed by atoms with E-state index >= 15 is 0 Å². The predicted octanol–water partition coefficient (Wildman–Crippen LogP) is 7.67. The molecule has 1 aliphatic rings. The van der Waals surface area contributed by atoms with Crippen LogP contribution in [0.2, 0.25) is 18.1 Å². The quantitative estimate of drug-likeness (QED) is 0.0947. The zero-order valence-corrected chi connectivity index (χ0v) is 26.8. The Morgan fingerprint density at radius 2 is 1.73 bits per heavy atom. The Hall–Kier alpha value is -2.22. The molecule has 0 radical (unpaired) electrons. The van der Waals surface area contributed by atoms with Gasteiger partial charge in [-0.25, -0.2) is 0 Å². The molecule has 1 aromatic rings. The van der Waals surface area contributed by atoms with Gasteiger partial charge in [0, 0.05) is 31.6 Å². The van der Waals surface area contributed by atoms with Gasteiger partial charge in [0.25, 0.3) is 0 Å². The minimum Gasteiger partial charge on any atom is -0.469 e. The number of benzene rings is 1. The van der Waals surface area contributed by atoms with Crippen LogP contribution in [0, 0.1) is 5.92 Å². The average molecular weight is 573 g/mol. The van der Waals surface area contributed by atoms with E-state index in [-0.39, 0.29) is 29.0 Å². The van der Waals surface area contributed by atoms with E-state index < -0.39 is 14.4 Å². The molecular weight excluding hydrogens is 520 g/mol. The van der Waals surface area contributed by atoms with Crippen molar-refractivity contribution in [3.63, 3.8) is 0 Å². The minimum atomic E-state index is -2.11. The predicted molar refractivity (Wildman–Crippen MR) is 163 cm³/mol. The summed E-state index contributed by atoms with van der Waals surface area (Å²) in [6.07, 6.45) is 10.3. The van der Waals surface area contributed by atoms with E-state index in [0.717, 1.165) is 55.4 Å². The number of esters is 2. The van der Waals surface area contributed by atoms with E-state index in [1.807, 2.05) is 43.3 Å². The number of unbranched alkanes of at least 4 members (excludes halogenated alkanes) is 3. The van der Waals surface area contributed by atoms with Gasteiger partial charge in [0.1, 0.15) is 5.76 Å². The highest BCUT2D eigenvalue weighted by Crippen LogP contribution is 2.44. The third-order valence-corrected chi connectivity index (χ3v) is 12.6. The van der Waals surface area contributed by atoms with Crippen LogP contribution in [0.4, 0.5) is 0 Å². The Labute approximate surface area is 243 Å². The number of aliphatic hydroxyl groups is 1. The summed E-state index contributed by atoms with van der Waals surface area (Å²) in [6.45, 7) is 13.2. The van der Waals surface area contributed by atoms with Crippen molar-refractivity contribution in [1.82, 2.24) is 0 Å². The molecule has 7 heteroatoms. The fourth-order valence-corrected chi connectivity index (χ4v) is 6.12. The van der Waals surface area contributed by atoms with Crippen molar-refractivity contribution in [3.8, 4) is 0 Å². The molecule has 1 aliphatic carbocycles. The standard InChI is InChI=1S/C33H52O6Si/c1-8-16-32(36)38-29-24-30(39-40(6,7)33(2,3)4)28(22-21-26(34)23-25-17-12-11-13-18-25)27(29)19-14-9-10-15-20-31(35)37-5/h11-13,17-18,21-22,26,28,30,34H,8-10,14-16,19-20,23-24H2,1-7H3/b22-21+/t26?,28-,30+/m0/s1. The molecule has 0 aromatic heterocycles. The molecule has 0 saturated heterocycles. The van der Waals surface area contributed by atoms with Crippen molar-refractivity contribution >= 4 is 20.3 Å². The molecule has 1 aromatic carbocycles. The topological polar surface area (TPSA) is 82.1 Å². The van der Waals surface area contributed by atoms with Crippen LogP contribution >= 0.6 is 0 Å². The average Bonchev–Trinajstić information content (AvgIpc) is 3.19. The van der Waals surface area contributed by atoms with Gasteiger partial charge >= 0.3 is 11.9 Å². The van der Waals surface area contributed by atoms with E-state index in [1.165, 1.54) is 7.11 Å². The number of hydrogen-bond acceptors (Lipinski definition) is 6. The van der Waals surface area contributed by atoms with Gasteiger partial charge in [0.05, 0.1) is 19.3 Å². The summed E-state index contributed by atoms with van der Waals surface area (Å²) in [5.74, 6) is 0.296. The number of aliphatic hydroxyl groups excluding tert-OH is 1. The van der Waals surface area contributed by atoms with Crippen LogP contribution in [0.1, 0.15) is 91.0 Å². The van der Waals surface area contributed by atoms with E-state index in [2.05, 4.69) is 39.9 Å². The molecule has 0 aliphatic heterocycles. The largest absolute Gasteiger partial charge is 0.469 e. The summed E-state index contributed by atoms with van der Waals surface area (Å²) < 4.78 is 17.7. The normalized spacial score (nSPS) is 18.8. The molecular formula is C33H52O6Si. The van der Waals surface area contributed by atoms with Gasteiger partial charge in [0.2, 0.25) is 0 Å². The molecule has 3 atom stereocenters. The maximum absolute atomic E-state index is 12.6. The molecule has 0 bridgehead atoms. The summed E-state index contributed by atoms with van der Waals surface area (Å²) >= 11 is 0. The highest BCUT2D eigenvalue weighted by molar-refractivity contribution is 6.74. The maximum atomic E-state index is 12.6. The van der Waals surface area contributed by atoms with Crippen LogP contribution in [0.15, 0.2) is 53.8 Å². The van der Waals surface area contributed by atoms with Gasteiger partial charge in [-0.3, -0.25) is 9.59 Å². The third-order valence-electron chi connectivity index (χ3n) is 8.12. The number of carbonyl (C=O) groups excluding carboxylic acids is 2. The lowest BCUT2D eigenvalue weighted by atomic mass is 9.93. The number of hydrogen-bond donors (Lipinski definition) is 1. The van der Waals surface area contributed by atoms with Crippen molar-refractivity contribution < 1.29 is 28.6 Å². The summed E-state index contributed by atoms with van der Waals surface area (Å²) in [5.41, 5.74) is 2.18. The van der Waals surface area contributed by atoms with Crippen LogP contribution in [0.5, 0.6) is 0 Å². The Morgan fingerprint density at radius 3 is 2.35 bits per heavy atom. The molecule has 0 fully saturated rings. The first-order valence-corrected chi connectivity index (χ1v) is 17.9. The van der Waals surface area contributed by atoms with Crippen LogP contribution < -0.4 is 0 Å². The second kappa shape index (κ2) is 16.3. The van der Waals surface area contributed by atoms with Crippen molar-refractivity contribution in [2.24, 2.45) is 5.92 Å². The van der Waals surface area contributed by atoms with Crippen molar-refractivity contribution in [1.29, 1.82) is 0 Å². The molecule has 6 nitrogen and oxygen atoms in total. The fourth-order valence-electron chi connectivity index (χ4n) is 4.78. The second-order valence-electron chi connectivity index (χ2n) is 12.5. The Bertz CT molecular complexity index is 992. The summed E-state index contributed by atoms with van der Waals surface area (Å²) in [6, 6.07) is 9.98. The maximum Gasteiger partial charge on any atom is 0.310 e. The molecule has 0 spiro atoms. The monoisotopic (exact) mass is 572 g/mol. The summed E-state index contributed by atoms with van der Waals surface area (Å²) in [7, 11) is -0.694. The molecule has 0 heterocycles. The Kier molecular flexibility index (Phi) is 13.8. The summed E-state index contributed by atoms with van der Waals surface area (Å²) in [4.78, 5) is 24.0. The SMILES string of the molecule is CCCC(=O)OC1=C(CCCCCCC(=O)OC)[C@H](/C=C/C(O)Cc2ccccc2)[C@H](O[Si](C)(C)C(C)(C)C)C1. The van der Waals surface area contributed by atoms with Crippen molar-refractivity contribution in [3.05, 3.63) is 59.4 Å². The van der Waals surface area contributed by atoms with Gasteiger partial charge in [-0.05, 0) is 55.0 Å². The fraction of sp³-hybridized carbons (Fsp3) is 0.636. The highest BCUT2D eigenvalue weighted by Gasteiger charge is 2.44. The lowest BCUT2D eigenvalue weighted by Gasteiger charge is -2.39. The zero-order chi connectivity index (χ0) is 29.8. The zero-order valence-electron chi connectivity index (χ0n) is 25.8. The van der Waals surface area contributed by atoms with Crippen LogP contribution in [0.25, 0.3) is 0 Å². The molecule has 1 N–H and O–H groups in total. The lowest BCUT2D eigenvalue weighted by Crippen LogP contribution is -2.45. The van der Waals surface area contributed by atoms with Gasteiger partial charge in [0.15, 0.2) is 8.32 Å². The van der Waals surface area contributed by atoms with Crippen LogP contribution in [-0.2, 0) is 29.9 Å². The molecule has 0 saturated carbocycles. The van der Waals surface area contributed by atoms with Crippen molar-refractivity contribution in [2.45, 2.75) is 122 Å². The third kappa shape index (κ3) is 11.0. The first-order valence-electron chi connectivity index (χ1n) is 15.0. The molecule has 1 unspecified atom stereocenters. The van der Waals surface area contributed by atoms with E-state index in [0.29, 0.717) is 25.7 Å². The second-order valence-corrected chi connectivity index (χ2v) is 17.2. The van der Waals surface area contributed by atoms with Gasteiger partial charge in [-0.15, -0.1) is 0 Å². The molecule has 0 amide bonds. The first-order chi connectivity index (χ1) is 18.9. The number of rotatable bonds is 16. The molecule has 224 valence electrons. The van der Waals surface area contributed by atoms with Crippen LogP contribution in [-0.4, -0.2) is 44.7 Å². The number of ether oxygens (including phenoxy) is 2. The van der Waals surface area contributed by atoms with Gasteiger partial charge in [-0.1, -0.05) is 83.0 Å². The summed E-state index contributed by atoms with van der Waals surface area (Å²) in [5, 5.41) is 10.9. The minimum absolute atomic E-state index is 0.0372. The van der Waals surface area contributed by atoms with E-state index in [9.17, 15) is 14.7 Å². The Balaban J connectivity index is 2.28. The molecule has 40 heavy (non-hydrogen) atoms. The van der Waals surface area contributed by atoms with Crippen molar-refractivity contribution in [2.75, 3.05) is 7.11 Å². The lowest BCUT2D eigenvalue weighted by molar-refractivity contribution is -0.141. The van der Waals surface area contributed by atoms with E-state index in [4.69, 9.17) is 13.9 Å². The molecule has 2 rings (SSSR count). The number of methoxy groups -OCH3 is 1. The highest BCUT2D eigenvalue weighted by atomic mass is 28.4. The Morgan fingerprint density at radius 1 is 1.05 bits per heavy atom. The van der Waals surface area contributed by atoms with Gasteiger partial charge in [-0.2, -0.15) is 0 Å². The van der Waals surface area contributed by atoms with Crippen LogP contribution in [0.3, 0.4) is 0 Å².